The normalized spacial score (nSPS) is 11.9. The zero-order valence-electron chi connectivity index (χ0n) is 11.4. The molecule has 0 radical (unpaired) electrons. The van der Waals surface area contributed by atoms with Gasteiger partial charge >= 0.3 is 0 Å². The van der Waals surface area contributed by atoms with E-state index in [2.05, 4.69) is 0 Å². The molecule has 118 valence electrons. The van der Waals surface area contributed by atoms with E-state index in [1.54, 1.807) is 0 Å². The summed E-state index contributed by atoms with van der Waals surface area (Å²) in [7, 11) is -3.09. The Bertz CT molecular complexity index is 788. The first-order valence-electron chi connectivity index (χ1n) is 6.06. The van der Waals surface area contributed by atoms with Crippen molar-refractivity contribution in [3.8, 4) is 0 Å². The van der Waals surface area contributed by atoms with E-state index in [0.29, 0.717) is 24.3 Å². The average Bonchev–Trinajstić information content (AvgIpc) is 2.40. The Balaban J connectivity index is 2.32. The van der Waals surface area contributed by atoms with Crippen LogP contribution in [-0.2, 0) is 16.6 Å². The molecule has 0 heterocycles. The largest absolute Gasteiger partial charge is 0.243 e. The maximum absolute atomic E-state index is 13.5. The van der Waals surface area contributed by atoms with Gasteiger partial charge in [0.1, 0.15) is 23.3 Å². The van der Waals surface area contributed by atoms with E-state index in [9.17, 15) is 26.0 Å². The fourth-order valence-corrected chi connectivity index (χ4v) is 3.02. The molecule has 0 aliphatic heterocycles. The fraction of sp³-hybridized carbons (Fsp3) is 0.143. The van der Waals surface area contributed by atoms with Crippen LogP contribution < -0.4 is 0 Å². The second kappa shape index (κ2) is 6.05. The van der Waals surface area contributed by atoms with Gasteiger partial charge in [-0.3, -0.25) is 0 Å². The zero-order valence-corrected chi connectivity index (χ0v) is 12.2. The third-order valence-corrected chi connectivity index (χ3v) is 4.73. The second-order valence-corrected chi connectivity index (χ2v) is 6.65. The maximum atomic E-state index is 13.5. The van der Waals surface area contributed by atoms with Crippen LogP contribution in [0.25, 0.3) is 0 Å². The van der Waals surface area contributed by atoms with E-state index in [1.165, 1.54) is 0 Å². The highest BCUT2D eigenvalue weighted by molar-refractivity contribution is 7.89. The number of rotatable bonds is 4. The molecule has 0 spiro atoms. The SMILES string of the molecule is CN(Cc1ccc(F)cc1F)S(=O)(=O)c1cc(F)cc(F)c1. The molecule has 0 atom stereocenters. The molecule has 2 aromatic carbocycles. The minimum Gasteiger partial charge on any atom is -0.207 e. The minimum absolute atomic E-state index is 0.0654. The number of hydrogen-bond donors (Lipinski definition) is 0. The quantitative estimate of drug-likeness (QED) is 0.807. The van der Waals surface area contributed by atoms with Gasteiger partial charge < -0.3 is 0 Å². The molecule has 0 amide bonds. The molecule has 0 saturated heterocycles. The van der Waals surface area contributed by atoms with Crippen LogP contribution in [0.15, 0.2) is 41.3 Å². The number of halogens is 4. The van der Waals surface area contributed by atoms with Crippen molar-refractivity contribution in [2.45, 2.75) is 11.4 Å². The van der Waals surface area contributed by atoms with Gasteiger partial charge in [-0.1, -0.05) is 6.07 Å². The smallest absolute Gasteiger partial charge is 0.207 e. The predicted molar refractivity (Wildman–Crippen MR) is 71.4 cm³/mol. The van der Waals surface area contributed by atoms with Gasteiger partial charge in [-0.25, -0.2) is 26.0 Å². The maximum Gasteiger partial charge on any atom is 0.243 e. The lowest BCUT2D eigenvalue weighted by molar-refractivity contribution is 0.453. The highest BCUT2D eigenvalue weighted by Gasteiger charge is 2.23. The Morgan fingerprint density at radius 2 is 1.50 bits per heavy atom. The van der Waals surface area contributed by atoms with Crippen molar-refractivity contribution in [3.63, 3.8) is 0 Å². The minimum atomic E-state index is -4.22. The van der Waals surface area contributed by atoms with Crippen molar-refractivity contribution >= 4 is 10.0 Å². The highest BCUT2D eigenvalue weighted by Crippen LogP contribution is 2.20. The van der Waals surface area contributed by atoms with Crippen molar-refractivity contribution < 1.29 is 26.0 Å². The van der Waals surface area contributed by atoms with Gasteiger partial charge in [0.25, 0.3) is 0 Å². The first kappa shape index (κ1) is 16.4. The van der Waals surface area contributed by atoms with Gasteiger partial charge in [0.2, 0.25) is 10.0 Å². The van der Waals surface area contributed by atoms with Crippen LogP contribution in [0.4, 0.5) is 17.6 Å². The Kier molecular flexibility index (Phi) is 4.52. The first-order chi connectivity index (χ1) is 10.2. The monoisotopic (exact) mass is 333 g/mol. The first-order valence-corrected chi connectivity index (χ1v) is 7.50. The summed E-state index contributed by atoms with van der Waals surface area (Å²) >= 11 is 0. The van der Waals surface area contributed by atoms with Gasteiger partial charge in [0, 0.05) is 31.3 Å². The van der Waals surface area contributed by atoms with E-state index >= 15 is 0 Å². The van der Waals surface area contributed by atoms with Crippen molar-refractivity contribution in [2.24, 2.45) is 0 Å². The van der Waals surface area contributed by atoms with Crippen LogP contribution in [0, 0.1) is 23.3 Å². The molecule has 3 nitrogen and oxygen atoms in total. The topological polar surface area (TPSA) is 37.4 Å². The molecule has 22 heavy (non-hydrogen) atoms. The summed E-state index contributed by atoms with van der Waals surface area (Å²) in [5.41, 5.74) is -0.0654. The van der Waals surface area contributed by atoms with Crippen LogP contribution in [0.5, 0.6) is 0 Å². The number of benzene rings is 2. The lowest BCUT2D eigenvalue weighted by Gasteiger charge is -2.17. The van der Waals surface area contributed by atoms with Crippen LogP contribution in [0.1, 0.15) is 5.56 Å². The van der Waals surface area contributed by atoms with E-state index in [1.807, 2.05) is 0 Å². The number of nitrogens with zero attached hydrogens (tertiary/aromatic N) is 1. The summed E-state index contributed by atoms with van der Waals surface area (Å²) in [6.07, 6.45) is 0. The lowest BCUT2D eigenvalue weighted by Crippen LogP contribution is -2.27. The van der Waals surface area contributed by atoms with E-state index in [0.717, 1.165) is 23.5 Å². The van der Waals surface area contributed by atoms with Crippen LogP contribution in [0.2, 0.25) is 0 Å². The summed E-state index contributed by atoms with van der Waals surface area (Å²) in [5, 5.41) is 0. The summed E-state index contributed by atoms with van der Waals surface area (Å²) in [6, 6.07) is 4.58. The second-order valence-electron chi connectivity index (χ2n) is 4.60. The molecule has 8 heteroatoms. The van der Waals surface area contributed by atoms with Crippen molar-refractivity contribution in [1.82, 2.24) is 4.31 Å². The highest BCUT2D eigenvalue weighted by atomic mass is 32.2. The molecule has 0 N–H and O–H groups in total. The molecule has 0 aliphatic carbocycles. The van der Waals surface area contributed by atoms with Crippen molar-refractivity contribution in [2.75, 3.05) is 7.05 Å². The van der Waals surface area contributed by atoms with Gasteiger partial charge in [-0.2, -0.15) is 4.31 Å². The van der Waals surface area contributed by atoms with Gasteiger partial charge in [0.15, 0.2) is 0 Å². The van der Waals surface area contributed by atoms with Gasteiger partial charge in [-0.05, 0) is 18.2 Å². The molecule has 2 aromatic rings. The van der Waals surface area contributed by atoms with Crippen molar-refractivity contribution in [3.05, 3.63) is 65.2 Å². The molecule has 0 bridgehead atoms. The van der Waals surface area contributed by atoms with Gasteiger partial charge in [-0.15, -0.1) is 0 Å². The summed E-state index contributed by atoms with van der Waals surface area (Å²) in [4.78, 5) is -0.588. The predicted octanol–water partition coefficient (Wildman–Crippen LogP) is 3.06. The van der Waals surface area contributed by atoms with Crippen molar-refractivity contribution in [1.29, 1.82) is 0 Å². The van der Waals surface area contributed by atoms with E-state index in [-0.39, 0.29) is 5.56 Å². The number of hydrogen-bond acceptors (Lipinski definition) is 2. The average molecular weight is 333 g/mol. The third-order valence-electron chi connectivity index (χ3n) is 2.95. The lowest BCUT2D eigenvalue weighted by atomic mass is 10.2. The summed E-state index contributed by atoms with van der Waals surface area (Å²) in [6.45, 7) is -0.410. The van der Waals surface area contributed by atoms with Gasteiger partial charge in [0.05, 0.1) is 4.90 Å². The number of sulfonamides is 1. The molecule has 0 aliphatic rings. The molecular formula is C14H11F4NO2S. The van der Waals surface area contributed by atoms with Crippen LogP contribution in [0.3, 0.4) is 0 Å². The Hall–Kier alpha value is -1.93. The summed E-state index contributed by atoms with van der Waals surface area (Å²) in [5.74, 6) is -3.79. The zero-order chi connectivity index (χ0) is 16.5. The third kappa shape index (κ3) is 3.45. The van der Waals surface area contributed by atoms with E-state index < -0.39 is 44.7 Å². The van der Waals surface area contributed by atoms with Crippen LogP contribution >= 0.6 is 0 Å². The molecule has 0 aromatic heterocycles. The molecule has 0 unspecified atom stereocenters. The fourth-order valence-electron chi connectivity index (χ4n) is 1.83. The molecule has 2 rings (SSSR count). The standard InChI is InChI=1S/C14H11F4NO2S/c1-19(8-9-2-3-10(15)7-14(9)18)22(20,21)13-5-11(16)4-12(17)6-13/h2-7H,8H2,1H3. The van der Waals surface area contributed by atoms with Crippen LogP contribution in [-0.4, -0.2) is 19.8 Å². The Morgan fingerprint density at radius 1 is 0.909 bits per heavy atom. The molecular weight excluding hydrogens is 322 g/mol. The van der Waals surface area contributed by atoms with E-state index in [4.69, 9.17) is 0 Å². The molecule has 0 fully saturated rings. The Morgan fingerprint density at radius 3 is 2.05 bits per heavy atom. The molecule has 0 saturated carbocycles. The Labute approximate surface area is 124 Å². The summed E-state index contributed by atoms with van der Waals surface area (Å²) < 4.78 is 77.8.